The molecule has 2 aromatic rings. The monoisotopic (exact) mass is 427 g/mol. The number of alkyl halides is 1. The molecule has 1 unspecified atom stereocenters. The maximum absolute atomic E-state index is 12.8. The molecule has 6 heteroatoms. The number of esters is 1. The number of hydrogen-bond donors (Lipinski definition) is 0. The molecule has 0 N–H and O–H groups in total. The lowest BCUT2D eigenvalue weighted by Gasteiger charge is -2.33. The molecule has 0 radical (unpaired) electrons. The minimum atomic E-state index is -0.456. The van der Waals surface area contributed by atoms with Crippen LogP contribution in [0, 0.1) is 0 Å². The summed E-state index contributed by atoms with van der Waals surface area (Å²) in [6, 6.07) is 9.23. The average Bonchev–Trinajstić information content (AvgIpc) is 3.05. The van der Waals surface area contributed by atoms with Crippen molar-refractivity contribution in [2.75, 3.05) is 18.5 Å². The van der Waals surface area contributed by atoms with Gasteiger partial charge in [-0.3, -0.25) is 4.90 Å². The number of rotatable bonds is 6. The van der Waals surface area contributed by atoms with Gasteiger partial charge in [0.25, 0.3) is 0 Å². The number of carbonyl (C=O) groups is 1. The molecular formula is C18H19BrClNO2S. The van der Waals surface area contributed by atoms with Crippen molar-refractivity contribution in [1.29, 1.82) is 0 Å². The number of carbonyl (C=O) groups excluding carboxylic acids is 1. The Bertz CT molecular complexity index is 706. The van der Waals surface area contributed by atoms with Crippen LogP contribution in [0.1, 0.15) is 28.5 Å². The topological polar surface area (TPSA) is 29.5 Å². The molecule has 3 nitrogen and oxygen atoms in total. The zero-order chi connectivity index (χ0) is 16.9. The van der Waals surface area contributed by atoms with Gasteiger partial charge < -0.3 is 4.74 Å². The summed E-state index contributed by atoms with van der Waals surface area (Å²) < 4.78 is 5.51. The number of thiophene rings is 1. The van der Waals surface area contributed by atoms with Gasteiger partial charge in [0.2, 0.25) is 0 Å². The van der Waals surface area contributed by atoms with Crippen LogP contribution < -0.4 is 0 Å². The smallest absolute Gasteiger partial charge is 0.328 e. The molecular weight excluding hydrogens is 410 g/mol. The number of benzene rings is 1. The predicted molar refractivity (Wildman–Crippen MR) is 102 cm³/mol. The molecule has 1 aliphatic heterocycles. The van der Waals surface area contributed by atoms with E-state index in [0.717, 1.165) is 36.8 Å². The van der Waals surface area contributed by atoms with E-state index in [4.69, 9.17) is 16.3 Å². The first kappa shape index (κ1) is 17.9. The van der Waals surface area contributed by atoms with Crippen molar-refractivity contribution in [2.45, 2.75) is 25.4 Å². The second-order valence-electron chi connectivity index (χ2n) is 5.72. The second-order valence-corrected chi connectivity index (χ2v) is 7.92. The molecule has 0 saturated carbocycles. The van der Waals surface area contributed by atoms with Gasteiger partial charge in [0.1, 0.15) is 6.04 Å². The summed E-state index contributed by atoms with van der Waals surface area (Å²) in [6.07, 6.45) is 1.76. The summed E-state index contributed by atoms with van der Waals surface area (Å²) >= 11 is 11.5. The van der Waals surface area contributed by atoms with E-state index < -0.39 is 6.04 Å². The van der Waals surface area contributed by atoms with Crippen LogP contribution in [0.5, 0.6) is 0 Å². The summed E-state index contributed by atoms with van der Waals surface area (Å²) in [6.45, 7) is 2.00. The Kier molecular flexibility index (Phi) is 6.33. The molecule has 1 aromatic carbocycles. The molecule has 2 heterocycles. The number of ether oxygens (including phenoxy) is 1. The number of nitrogens with zero attached hydrogens (tertiary/aromatic N) is 1. The maximum Gasteiger partial charge on any atom is 0.328 e. The van der Waals surface area contributed by atoms with Crippen LogP contribution in [0.15, 0.2) is 35.7 Å². The Labute approximate surface area is 159 Å². The van der Waals surface area contributed by atoms with Crippen LogP contribution in [0.2, 0.25) is 5.02 Å². The van der Waals surface area contributed by atoms with Gasteiger partial charge in [-0.1, -0.05) is 45.7 Å². The van der Waals surface area contributed by atoms with Crippen LogP contribution in [0.3, 0.4) is 0 Å². The van der Waals surface area contributed by atoms with E-state index in [1.54, 1.807) is 11.3 Å². The van der Waals surface area contributed by atoms with Crippen molar-refractivity contribution >= 4 is 44.8 Å². The van der Waals surface area contributed by atoms with Crippen molar-refractivity contribution < 1.29 is 9.53 Å². The molecule has 1 aliphatic rings. The molecule has 0 spiro atoms. The lowest BCUT2D eigenvalue weighted by molar-refractivity contribution is -0.150. The fourth-order valence-corrected chi connectivity index (χ4v) is 4.32. The predicted octanol–water partition coefficient (Wildman–Crippen LogP) is 4.83. The Morgan fingerprint density at radius 3 is 3.00 bits per heavy atom. The molecule has 24 heavy (non-hydrogen) atoms. The van der Waals surface area contributed by atoms with Gasteiger partial charge in [0.05, 0.1) is 6.61 Å². The normalized spacial score (nSPS) is 15.8. The molecule has 0 saturated heterocycles. The third-order valence-electron chi connectivity index (χ3n) is 4.15. The van der Waals surface area contributed by atoms with E-state index >= 15 is 0 Å². The number of halogens is 2. The summed E-state index contributed by atoms with van der Waals surface area (Å²) in [5.74, 6) is -0.220. The van der Waals surface area contributed by atoms with Crippen molar-refractivity contribution in [2.24, 2.45) is 0 Å². The van der Waals surface area contributed by atoms with Gasteiger partial charge in [-0.25, -0.2) is 4.79 Å². The van der Waals surface area contributed by atoms with Crippen molar-refractivity contribution in [3.8, 4) is 0 Å². The SMILES string of the molecule is O=C(OCCCBr)C(c1ccccc1Cl)N1CCc2sccc2C1. The molecule has 1 aromatic heterocycles. The van der Waals surface area contributed by atoms with Crippen molar-refractivity contribution in [1.82, 2.24) is 4.90 Å². The van der Waals surface area contributed by atoms with E-state index in [9.17, 15) is 4.79 Å². The second kappa shape index (κ2) is 8.48. The Morgan fingerprint density at radius 1 is 1.38 bits per heavy atom. The van der Waals surface area contributed by atoms with Crippen molar-refractivity contribution in [3.05, 3.63) is 56.7 Å². The van der Waals surface area contributed by atoms with Crippen LogP contribution in [-0.4, -0.2) is 29.4 Å². The molecule has 0 fully saturated rings. The maximum atomic E-state index is 12.8. The van der Waals surface area contributed by atoms with Crippen LogP contribution in [-0.2, 0) is 22.5 Å². The Hall–Kier alpha value is -0.880. The third-order valence-corrected chi connectivity index (χ3v) is 6.08. The fourth-order valence-electron chi connectivity index (χ4n) is 2.97. The van der Waals surface area contributed by atoms with Crippen LogP contribution in [0.4, 0.5) is 0 Å². The van der Waals surface area contributed by atoms with Gasteiger partial charge in [0.15, 0.2) is 0 Å². The molecule has 0 bridgehead atoms. The molecule has 0 amide bonds. The van der Waals surface area contributed by atoms with E-state index in [2.05, 4.69) is 32.3 Å². The first-order valence-electron chi connectivity index (χ1n) is 7.97. The average molecular weight is 429 g/mol. The van der Waals surface area contributed by atoms with Crippen LogP contribution in [0.25, 0.3) is 0 Å². The number of fused-ring (bicyclic) bond motifs is 1. The molecule has 3 rings (SSSR count). The summed E-state index contributed by atoms with van der Waals surface area (Å²) in [4.78, 5) is 16.4. The molecule has 128 valence electrons. The highest BCUT2D eigenvalue weighted by Crippen LogP contribution is 2.34. The molecule has 0 aliphatic carbocycles. The lowest BCUT2D eigenvalue weighted by Crippen LogP contribution is -2.38. The highest BCUT2D eigenvalue weighted by molar-refractivity contribution is 9.09. The van der Waals surface area contributed by atoms with Gasteiger partial charge in [-0.05, 0) is 41.5 Å². The van der Waals surface area contributed by atoms with Gasteiger partial charge >= 0.3 is 5.97 Å². The zero-order valence-electron chi connectivity index (χ0n) is 13.2. The van der Waals surface area contributed by atoms with Crippen molar-refractivity contribution in [3.63, 3.8) is 0 Å². The first-order valence-corrected chi connectivity index (χ1v) is 10.3. The van der Waals surface area contributed by atoms with Gasteiger partial charge in [0, 0.05) is 28.3 Å². The highest BCUT2D eigenvalue weighted by Gasteiger charge is 2.33. The van der Waals surface area contributed by atoms with Gasteiger partial charge in [-0.2, -0.15) is 0 Å². The minimum Gasteiger partial charge on any atom is -0.464 e. The highest BCUT2D eigenvalue weighted by atomic mass is 79.9. The standard InChI is InChI=1S/C18H19BrClNO2S/c19-8-3-10-23-18(22)17(14-4-1-2-5-15(14)20)21-9-6-16-13(12-21)7-11-24-16/h1-2,4-5,7,11,17H,3,6,8-10,12H2. The van der Waals surface area contributed by atoms with Gasteiger partial charge in [-0.15, -0.1) is 11.3 Å². The molecule has 1 atom stereocenters. The van der Waals surface area contributed by atoms with E-state index in [1.165, 1.54) is 10.4 Å². The minimum absolute atomic E-state index is 0.220. The van der Waals surface area contributed by atoms with E-state index in [1.807, 2.05) is 24.3 Å². The summed E-state index contributed by atoms with van der Waals surface area (Å²) in [5.41, 5.74) is 2.12. The lowest BCUT2D eigenvalue weighted by atomic mass is 10.0. The first-order chi connectivity index (χ1) is 11.7. The largest absolute Gasteiger partial charge is 0.464 e. The quantitative estimate of drug-likeness (QED) is 0.375. The number of hydrogen-bond acceptors (Lipinski definition) is 4. The van der Waals surface area contributed by atoms with E-state index in [0.29, 0.717) is 11.6 Å². The summed E-state index contributed by atoms with van der Waals surface area (Å²) in [7, 11) is 0. The Morgan fingerprint density at radius 2 is 2.21 bits per heavy atom. The summed E-state index contributed by atoms with van der Waals surface area (Å²) in [5, 5.41) is 3.54. The third kappa shape index (κ3) is 4.02. The zero-order valence-corrected chi connectivity index (χ0v) is 16.4. The van der Waals surface area contributed by atoms with E-state index in [-0.39, 0.29) is 5.97 Å². The Balaban J connectivity index is 1.85. The fraction of sp³-hybridized carbons (Fsp3) is 0.389. The van der Waals surface area contributed by atoms with Crippen LogP contribution >= 0.6 is 38.9 Å².